The minimum Gasteiger partial charge on any atom is -0.472 e. The lowest BCUT2D eigenvalue weighted by Crippen LogP contribution is -2.48. The number of hydrogen-bond acceptors (Lipinski definition) is 4. The first-order valence-electron chi connectivity index (χ1n) is 6.41. The van der Waals surface area contributed by atoms with E-state index in [1.54, 1.807) is 18.5 Å². The first-order valence-corrected chi connectivity index (χ1v) is 6.79. The van der Waals surface area contributed by atoms with E-state index in [9.17, 15) is 4.79 Å². The predicted molar refractivity (Wildman–Crippen MR) is 76.1 cm³/mol. The highest BCUT2D eigenvalue weighted by Crippen LogP contribution is 2.25. The number of carbonyl (C=O) groups excluding carboxylic acids is 1. The number of carbonyl (C=O) groups is 1. The second kappa shape index (κ2) is 5.54. The van der Waals surface area contributed by atoms with Crippen LogP contribution in [0.3, 0.4) is 0 Å². The highest BCUT2D eigenvalue weighted by Gasteiger charge is 2.23. The average molecular weight is 292 g/mol. The number of aromatic nitrogens is 1. The first kappa shape index (κ1) is 13.0. The van der Waals surface area contributed by atoms with Crippen LogP contribution in [-0.4, -0.2) is 42.0 Å². The largest absolute Gasteiger partial charge is 0.472 e. The van der Waals surface area contributed by atoms with Crippen molar-refractivity contribution >= 4 is 23.2 Å². The molecule has 0 radical (unpaired) electrons. The van der Waals surface area contributed by atoms with Crippen molar-refractivity contribution in [2.24, 2.45) is 0 Å². The third kappa shape index (κ3) is 2.49. The number of halogens is 1. The predicted octanol–water partition coefficient (Wildman–Crippen LogP) is 2.29. The molecular formula is C14H14ClN3O2. The molecule has 3 heterocycles. The number of nitrogens with zero attached hydrogens (tertiary/aromatic N) is 3. The van der Waals surface area contributed by atoms with Crippen molar-refractivity contribution in [1.29, 1.82) is 0 Å². The fourth-order valence-corrected chi connectivity index (χ4v) is 2.58. The van der Waals surface area contributed by atoms with Gasteiger partial charge in [-0.3, -0.25) is 9.78 Å². The molecule has 0 unspecified atom stereocenters. The molecule has 0 atom stereocenters. The molecule has 0 saturated carbocycles. The third-order valence-electron chi connectivity index (χ3n) is 3.43. The number of hydrogen-bond donors (Lipinski definition) is 0. The molecule has 2 aromatic rings. The number of rotatable bonds is 2. The van der Waals surface area contributed by atoms with Crippen LogP contribution in [0.25, 0.3) is 0 Å². The molecule has 1 fully saturated rings. The van der Waals surface area contributed by atoms with Crippen molar-refractivity contribution in [1.82, 2.24) is 9.88 Å². The summed E-state index contributed by atoms with van der Waals surface area (Å²) in [6, 6.07) is 3.59. The van der Waals surface area contributed by atoms with Gasteiger partial charge in [0.15, 0.2) is 0 Å². The molecule has 1 amide bonds. The molecule has 0 spiro atoms. The fourth-order valence-electron chi connectivity index (χ4n) is 2.34. The molecule has 0 aliphatic carbocycles. The second-order valence-electron chi connectivity index (χ2n) is 4.62. The van der Waals surface area contributed by atoms with Gasteiger partial charge in [-0.05, 0) is 12.1 Å². The summed E-state index contributed by atoms with van der Waals surface area (Å²) in [7, 11) is 0. The van der Waals surface area contributed by atoms with Gasteiger partial charge in [0.2, 0.25) is 0 Å². The minimum atomic E-state index is 0.0132. The number of anilines is 1. The Balaban J connectivity index is 1.65. The van der Waals surface area contributed by atoms with Gasteiger partial charge in [-0.15, -0.1) is 0 Å². The fraction of sp³-hybridized carbons (Fsp3) is 0.286. The Morgan fingerprint density at radius 2 is 2.05 bits per heavy atom. The molecule has 6 heteroatoms. The smallest absolute Gasteiger partial charge is 0.257 e. The highest BCUT2D eigenvalue weighted by molar-refractivity contribution is 6.33. The SMILES string of the molecule is O=C(c1ccoc1)N1CCN(c2ccncc2Cl)CC1. The maximum absolute atomic E-state index is 12.2. The number of piperazine rings is 1. The van der Waals surface area contributed by atoms with Crippen LogP contribution >= 0.6 is 11.6 Å². The summed E-state index contributed by atoms with van der Waals surface area (Å²) in [5.74, 6) is 0.0132. The zero-order valence-corrected chi connectivity index (χ0v) is 11.6. The number of furan rings is 1. The molecule has 1 aliphatic heterocycles. The molecule has 1 saturated heterocycles. The van der Waals surface area contributed by atoms with E-state index in [4.69, 9.17) is 16.0 Å². The van der Waals surface area contributed by atoms with Crippen LogP contribution in [0.1, 0.15) is 10.4 Å². The van der Waals surface area contributed by atoms with Crippen LogP contribution in [-0.2, 0) is 0 Å². The summed E-state index contributed by atoms with van der Waals surface area (Å²) in [6.45, 7) is 2.85. The summed E-state index contributed by atoms with van der Waals surface area (Å²) < 4.78 is 4.95. The van der Waals surface area contributed by atoms with Crippen molar-refractivity contribution in [2.45, 2.75) is 0 Å². The minimum absolute atomic E-state index is 0.0132. The van der Waals surface area contributed by atoms with Gasteiger partial charge in [-0.2, -0.15) is 0 Å². The summed E-state index contributed by atoms with van der Waals surface area (Å²) in [5.41, 5.74) is 1.57. The van der Waals surface area contributed by atoms with E-state index in [0.717, 1.165) is 18.8 Å². The average Bonchev–Trinajstić information content (AvgIpc) is 3.01. The van der Waals surface area contributed by atoms with Gasteiger partial charge >= 0.3 is 0 Å². The van der Waals surface area contributed by atoms with Gasteiger partial charge in [0.05, 0.1) is 22.5 Å². The van der Waals surface area contributed by atoms with Crippen molar-refractivity contribution in [3.8, 4) is 0 Å². The quantitative estimate of drug-likeness (QED) is 0.852. The standard InChI is InChI=1S/C14H14ClN3O2/c15-12-9-16-3-1-13(12)17-4-6-18(7-5-17)14(19)11-2-8-20-10-11/h1-3,8-10H,4-7H2. The lowest BCUT2D eigenvalue weighted by Gasteiger charge is -2.36. The molecule has 1 aliphatic rings. The maximum Gasteiger partial charge on any atom is 0.257 e. The summed E-state index contributed by atoms with van der Waals surface area (Å²) in [4.78, 5) is 20.2. The van der Waals surface area contributed by atoms with Crippen molar-refractivity contribution < 1.29 is 9.21 Å². The molecule has 3 rings (SSSR count). The summed E-state index contributed by atoms with van der Waals surface area (Å²) in [6.07, 6.45) is 6.36. The maximum atomic E-state index is 12.2. The molecule has 104 valence electrons. The van der Waals surface area contributed by atoms with Crippen molar-refractivity contribution in [3.05, 3.63) is 47.6 Å². The Morgan fingerprint density at radius 3 is 2.70 bits per heavy atom. The molecule has 0 aromatic carbocycles. The third-order valence-corrected chi connectivity index (χ3v) is 3.72. The number of amides is 1. The van der Waals surface area contributed by atoms with E-state index in [-0.39, 0.29) is 5.91 Å². The zero-order valence-electron chi connectivity index (χ0n) is 10.8. The Labute approximate surface area is 121 Å². The summed E-state index contributed by atoms with van der Waals surface area (Å²) >= 11 is 6.14. The van der Waals surface area contributed by atoms with Crippen LogP contribution in [0.5, 0.6) is 0 Å². The molecule has 0 N–H and O–H groups in total. The van der Waals surface area contributed by atoms with E-state index >= 15 is 0 Å². The highest BCUT2D eigenvalue weighted by atomic mass is 35.5. The van der Waals surface area contributed by atoms with Crippen LogP contribution in [0.15, 0.2) is 41.5 Å². The monoisotopic (exact) mass is 291 g/mol. The van der Waals surface area contributed by atoms with Crippen LogP contribution in [0.4, 0.5) is 5.69 Å². The van der Waals surface area contributed by atoms with Crippen LogP contribution in [0, 0.1) is 0 Å². The second-order valence-corrected chi connectivity index (χ2v) is 5.03. The van der Waals surface area contributed by atoms with Crippen molar-refractivity contribution in [3.63, 3.8) is 0 Å². The van der Waals surface area contributed by atoms with Gasteiger partial charge < -0.3 is 14.2 Å². The van der Waals surface area contributed by atoms with E-state index < -0.39 is 0 Å². The Bertz CT molecular complexity index is 592. The summed E-state index contributed by atoms with van der Waals surface area (Å²) in [5, 5.41) is 0.641. The van der Waals surface area contributed by atoms with Gasteiger partial charge in [-0.25, -0.2) is 0 Å². The van der Waals surface area contributed by atoms with Gasteiger partial charge in [0, 0.05) is 38.6 Å². The molecule has 2 aromatic heterocycles. The first-order chi connectivity index (χ1) is 9.75. The lowest BCUT2D eigenvalue weighted by molar-refractivity contribution is 0.0746. The normalized spacial score (nSPS) is 15.4. The van der Waals surface area contributed by atoms with E-state index in [0.29, 0.717) is 23.7 Å². The zero-order chi connectivity index (χ0) is 13.9. The Hall–Kier alpha value is -2.01. The van der Waals surface area contributed by atoms with Crippen LogP contribution < -0.4 is 4.90 Å². The lowest BCUT2D eigenvalue weighted by atomic mass is 10.2. The van der Waals surface area contributed by atoms with Gasteiger partial charge in [-0.1, -0.05) is 11.6 Å². The van der Waals surface area contributed by atoms with E-state index in [2.05, 4.69) is 9.88 Å². The Kier molecular flexibility index (Phi) is 3.60. The molecule has 5 nitrogen and oxygen atoms in total. The van der Waals surface area contributed by atoms with Gasteiger partial charge in [0.25, 0.3) is 5.91 Å². The van der Waals surface area contributed by atoms with E-state index in [1.807, 2.05) is 11.0 Å². The molecular weight excluding hydrogens is 278 g/mol. The van der Waals surface area contributed by atoms with E-state index in [1.165, 1.54) is 12.5 Å². The van der Waals surface area contributed by atoms with Crippen molar-refractivity contribution in [2.75, 3.05) is 31.1 Å². The number of pyridine rings is 1. The van der Waals surface area contributed by atoms with Crippen LogP contribution in [0.2, 0.25) is 5.02 Å². The molecule has 20 heavy (non-hydrogen) atoms. The topological polar surface area (TPSA) is 49.6 Å². The van der Waals surface area contributed by atoms with Gasteiger partial charge in [0.1, 0.15) is 6.26 Å². The molecule has 0 bridgehead atoms. The Morgan fingerprint density at radius 1 is 1.25 bits per heavy atom.